The molecule has 1 aromatic heterocycles. The molecule has 1 heterocycles. The van der Waals surface area contributed by atoms with Crippen molar-refractivity contribution in [3.63, 3.8) is 0 Å². The first-order chi connectivity index (χ1) is 8.36. The third-order valence-electron chi connectivity index (χ3n) is 2.61. The van der Waals surface area contributed by atoms with Crippen LogP contribution in [0.4, 0.5) is 0 Å². The van der Waals surface area contributed by atoms with Crippen molar-refractivity contribution in [1.82, 2.24) is 9.88 Å². The number of rotatable bonds is 6. The molecule has 0 radical (unpaired) electrons. The Bertz CT molecular complexity index is 510. The van der Waals surface area contributed by atoms with Crippen LogP contribution in [0.25, 0.3) is 0 Å². The second-order valence-corrected chi connectivity index (χ2v) is 6.69. The molecule has 0 saturated carbocycles. The molecule has 18 heavy (non-hydrogen) atoms. The van der Waals surface area contributed by atoms with E-state index in [1.807, 2.05) is 0 Å². The fraction of sp³-hybridized carbons (Fsp3) is 0.545. The third-order valence-corrected chi connectivity index (χ3v) is 3.95. The van der Waals surface area contributed by atoms with Gasteiger partial charge in [0.25, 0.3) is 15.0 Å². The summed E-state index contributed by atoms with van der Waals surface area (Å²) in [7, 11) is 3.08. The zero-order valence-corrected chi connectivity index (χ0v) is 12.0. The maximum Gasteiger partial charge on any atom is 0.270 e. The molecule has 0 saturated heterocycles. The summed E-state index contributed by atoms with van der Waals surface area (Å²) in [5, 5.41) is 0. The maximum atomic E-state index is 11.9. The van der Waals surface area contributed by atoms with Gasteiger partial charge in [0, 0.05) is 30.5 Å². The Balaban J connectivity index is 2.70. The van der Waals surface area contributed by atoms with Gasteiger partial charge in [-0.15, -0.1) is 0 Å². The molecule has 0 fully saturated rings. The van der Waals surface area contributed by atoms with Crippen LogP contribution >= 0.6 is 10.7 Å². The summed E-state index contributed by atoms with van der Waals surface area (Å²) in [5.41, 5.74) is 0.230. The number of hydrogen-bond acceptors (Lipinski definition) is 3. The highest BCUT2D eigenvalue weighted by atomic mass is 35.7. The molecule has 0 atom stereocenters. The van der Waals surface area contributed by atoms with E-state index in [9.17, 15) is 13.2 Å². The van der Waals surface area contributed by atoms with E-state index >= 15 is 0 Å². The molecule has 1 amide bonds. The van der Waals surface area contributed by atoms with E-state index in [1.165, 1.54) is 12.3 Å². The Hall–Kier alpha value is -1.01. The van der Waals surface area contributed by atoms with Gasteiger partial charge in [0.1, 0.15) is 10.6 Å². The molecule has 0 aliphatic heterocycles. The molecular formula is C11H17ClN2O3S. The average molecular weight is 293 g/mol. The smallest absolute Gasteiger partial charge is 0.270 e. The van der Waals surface area contributed by atoms with Crippen molar-refractivity contribution in [3.05, 3.63) is 18.0 Å². The van der Waals surface area contributed by atoms with Crippen LogP contribution < -0.4 is 0 Å². The van der Waals surface area contributed by atoms with Crippen molar-refractivity contribution in [3.8, 4) is 0 Å². The number of amides is 1. The summed E-state index contributed by atoms with van der Waals surface area (Å²) in [6.07, 6.45) is 4.29. The number of carbonyl (C=O) groups excluding carboxylic acids is 1. The summed E-state index contributed by atoms with van der Waals surface area (Å²) >= 11 is 0. The second-order valence-electron chi connectivity index (χ2n) is 4.12. The average Bonchev–Trinajstić information content (AvgIpc) is 2.77. The fourth-order valence-corrected chi connectivity index (χ4v) is 2.27. The zero-order chi connectivity index (χ0) is 13.8. The lowest BCUT2D eigenvalue weighted by Crippen LogP contribution is -2.27. The summed E-state index contributed by atoms with van der Waals surface area (Å²) in [5.74, 6) is -0.238. The Labute approximate surface area is 112 Å². The van der Waals surface area contributed by atoms with E-state index in [0.717, 1.165) is 19.3 Å². The van der Waals surface area contributed by atoms with E-state index < -0.39 is 9.05 Å². The highest BCUT2D eigenvalue weighted by molar-refractivity contribution is 8.13. The predicted octanol–water partition coefficient (Wildman–Crippen LogP) is 2.20. The van der Waals surface area contributed by atoms with Gasteiger partial charge in [-0.05, 0) is 12.5 Å². The van der Waals surface area contributed by atoms with Crippen molar-refractivity contribution in [2.75, 3.05) is 13.6 Å². The topological polar surface area (TPSA) is 70.2 Å². The van der Waals surface area contributed by atoms with Gasteiger partial charge >= 0.3 is 0 Å². The largest absolute Gasteiger partial charge is 0.356 e. The summed E-state index contributed by atoms with van der Waals surface area (Å²) in [6.45, 7) is 2.74. The molecule has 0 aliphatic carbocycles. The number of unbranched alkanes of at least 4 members (excludes halogenated alkanes) is 2. The minimum atomic E-state index is -3.79. The Kier molecular flexibility index (Phi) is 5.22. The number of nitrogens with one attached hydrogen (secondary N) is 1. The van der Waals surface area contributed by atoms with Crippen LogP contribution in [-0.2, 0) is 9.05 Å². The SMILES string of the molecule is CCCCCN(C)C(=O)c1cc(S(=O)(=O)Cl)c[nH]1. The van der Waals surface area contributed by atoms with Crippen LogP contribution in [0.2, 0.25) is 0 Å². The van der Waals surface area contributed by atoms with Crippen LogP contribution in [0.5, 0.6) is 0 Å². The molecule has 0 unspecified atom stereocenters. The van der Waals surface area contributed by atoms with Crippen LogP contribution in [0.15, 0.2) is 17.2 Å². The van der Waals surface area contributed by atoms with Crippen molar-refractivity contribution >= 4 is 25.6 Å². The molecule has 1 rings (SSSR count). The monoisotopic (exact) mass is 292 g/mol. The van der Waals surface area contributed by atoms with Crippen molar-refractivity contribution in [2.24, 2.45) is 0 Å². The van der Waals surface area contributed by atoms with Gasteiger partial charge < -0.3 is 9.88 Å². The summed E-state index contributed by atoms with van der Waals surface area (Å²) in [6, 6.07) is 1.25. The maximum absolute atomic E-state index is 11.9. The van der Waals surface area contributed by atoms with Crippen LogP contribution in [0, 0.1) is 0 Å². The Morgan fingerprint density at radius 2 is 2.11 bits per heavy atom. The molecule has 1 N–H and O–H groups in total. The number of aromatic amines is 1. The number of hydrogen-bond donors (Lipinski definition) is 1. The predicted molar refractivity (Wildman–Crippen MR) is 70.3 cm³/mol. The van der Waals surface area contributed by atoms with Crippen LogP contribution in [0.1, 0.15) is 36.7 Å². The fourth-order valence-electron chi connectivity index (χ4n) is 1.54. The lowest BCUT2D eigenvalue weighted by Gasteiger charge is -2.15. The molecule has 5 nitrogen and oxygen atoms in total. The van der Waals surface area contributed by atoms with Gasteiger partial charge in [-0.3, -0.25) is 4.79 Å². The molecule has 102 valence electrons. The lowest BCUT2D eigenvalue weighted by molar-refractivity contribution is 0.0787. The number of H-pyrrole nitrogens is 1. The van der Waals surface area contributed by atoms with E-state index in [0.29, 0.717) is 6.54 Å². The van der Waals surface area contributed by atoms with Crippen molar-refractivity contribution in [2.45, 2.75) is 31.1 Å². The van der Waals surface area contributed by atoms with E-state index in [1.54, 1.807) is 11.9 Å². The highest BCUT2D eigenvalue weighted by Crippen LogP contribution is 2.16. The first-order valence-corrected chi connectivity index (χ1v) is 8.05. The van der Waals surface area contributed by atoms with Crippen LogP contribution in [0.3, 0.4) is 0 Å². The summed E-state index contributed by atoms with van der Waals surface area (Å²) < 4.78 is 22.1. The van der Waals surface area contributed by atoms with Gasteiger partial charge in [0.15, 0.2) is 0 Å². The van der Waals surface area contributed by atoms with E-state index in [2.05, 4.69) is 11.9 Å². The molecule has 0 spiro atoms. The van der Waals surface area contributed by atoms with Gasteiger partial charge in [-0.1, -0.05) is 19.8 Å². The summed E-state index contributed by atoms with van der Waals surface area (Å²) in [4.78, 5) is 16.0. The van der Waals surface area contributed by atoms with Crippen molar-refractivity contribution in [1.29, 1.82) is 0 Å². The second kappa shape index (κ2) is 6.24. The number of carbonyl (C=O) groups is 1. The van der Waals surface area contributed by atoms with Gasteiger partial charge in [-0.2, -0.15) is 0 Å². The first kappa shape index (κ1) is 15.0. The highest BCUT2D eigenvalue weighted by Gasteiger charge is 2.18. The van der Waals surface area contributed by atoms with Crippen molar-refractivity contribution < 1.29 is 13.2 Å². The van der Waals surface area contributed by atoms with Gasteiger partial charge in [0.2, 0.25) is 0 Å². The lowest BCUT2D eigenvalue weighted by atomic mass is 10.2. The number of halogens is 1. The minimum absolute atomic E-state index is 0.0884. The van der Waals surface area contributed by atoms with Gasteiger partial charge in [0.05, 0.1) is 0 Å². The first-order valence-electron chi connectivity index (χ1n) is 5.74. The quantitative estimate of drug-likeness (QED) is 0.645. The minimum Gasteiger partial charge on any atom is -0.356 e. The Morgan fingerprint density at radius 1 is 1.44 bits per heavy atom. The Morgan fingerprint density at radius 3 is 2.61 bits per heavy atom. The third kappa shape index (κ3) is 4.03. The number of nitrogens with zero attached hydrogens (tertiary/aromatic N) is 1. The molecular weight excluding hydrogens is 276 g/mol. The van der Waals surface area contributed by atoms with Gasteiger partial charge in [-0.25, -0.2) is 8.42 Å². The van der Waals surface area contributed by atoms with Crippen LogP contribution in [-0.4, -0.2) is 37.8 Å². The normalized spacial score (nSPS) is 11.5. The molecule has 7 heteroatoms. The zero-order valence-electron chi connectivity index (χ0n) is 10.4. The molecule has 1 aromatic rings. The molecule has 0 aliphatic rings. The van der Waals surface area contributed by atoms with E-state index in [-0.39, 0.29) is 16.5 Å². The molecule has 0 bridgehead atoms. The van der Waals surface area contributed by atoms with E-state index in [4.69, 9.17) is 10.7 Å². The number of aromatic nitrogens is 1. The standard InChI is InChI=1S/C11H17ClN2O3S/c1-3-4-5-6-14(2)11(15)10-7-9(8-13-10)18(12,16)17/h7-8,13H,3-6H2,1-2H3. The molecule has 0 aromatic carbocycles.